The number of carbonyl (C=O) groups excluding carboxylic acids is 2. The van der Waals surface area contributed by atoms with Crippen molar-refractivity contribution in [2.24, 2.45) is 0 Å². The van der Waals surface area contributed by atoms with Crippen LogP contribution >= 0.6 is 0 Å². The largest absolute Gasteiger partial charge is 0.397 e. The molecule has 2 amide bonds. The maximum Gasteiger partial charge on any atom is 0.265 e. The molecule has 1 heterocycles. The van der Waals surface area contributed by atoms with E-state index in [1.54, 1.807) is 24.3 Å². The average Bonchev–Trinajstić information content (AvgIpc) is 2.42. The van der Waals surface area contributed by atoms with Crippen LogP contribution in [0.3, 0.4) is 0 Å². The second-order valence-electron chi connectivity index (χ2n) is 4.93. The van der Waals surface area contributed by atoms with Crippen LogP contribution in [0.25, 0.3) is 0 Å². The summed E-state index contributed by atoms with van der Waals surface area (Å²) in [4.78, 5) is 26.0. The fourth-order valence-corrected chi connectivity index (χ4v) is 2.45. The molecule has 4 nitrogen and oxygen atoms in total. The number of imide groups is 1. The highest BCUT2D eigenvalue weighted by Crippen LogP contribution is 2.30. The molecule has 0 saturated carbocycles. The van der Waals surface area contributed by atoms with E-state index >= 15 is 0 Å². The summed E-state index contributed by atoms with van der Waals surface area (Å²) in [5.41, 5.74) is 9.10. The lowest BCUT2D eigenvalue weighted by Gasteiger charge is -2.27. The summed E-state index contributed by atoms with van der Waals surface area (Å²) >= 11 is 0. The molecule has 2 N–H and O–H groups in total. The normalized spacial score (nSPS) is 14.3. The second-order valence-corrected chi connectivity index (χ2v) is 4.93. The van der Waals surface area contributed by atoms with Gasteiger partial charge < -0.3 is 5.73 Å². The second kappa shape index (κ2) is 4.49. The quantitative estimate of drug-likeness (QED) is 0.636. The fraction of sp³-hybridized carbons (Fsp3) is 0.125. The third kappa shape index (κ3) is 1.86. The van der Waals surface area contributed by atoms with Gasteiger partial charge >= 0.3 is 0 Å². The van der Waals surface area contributed by atoms with E-state index in [4.69, 9.17) is 5.73 Å². The molecule has 0 aliphatic carbocycles. The van der Waals surface area contributed by atoms with Gasteiger partial charge in [-0.05, 0) is 36.2 Å². The molecule has 1 aliphatic heterocycles. The van der Waals surface area contributed by atoms with Crippen LogP contribution < -0.4 is 10.6 Å². The van der Waals surface area contributed by atoms with Gasteiger partial charge in [-0.15, -0.1) is 0 Å². The molecule has 0 aromatic heterocycles. The first-order valence-corrected chi connectivity index (χ1v) is 6.39. The van der Waals surface area contributed by atoms with E-state index in [2.05, 4.69) is 0 Å². The van der Waals surface area contributed by atoms with Crippen LogP contribution in [0.2, 0.25) is 0 Å². The monoisotopic (exact) mass is 266 g/mol. The van der Waals surface area contributed by atoms with Gasteiger partial charge in [-0.25, -0.2) is 4.90 Å². The zero-order chi connectivity index (χ0) is 14.3. The van der Waals surface area contributed by atoms with Crippen LogP contribution in [0.4, 0.5) is 11.4 Å². The Hall–Kier alpha value is -2.62. The number of anilines is 2. The SMILES string of the molecule is Cc1ccc(N)c(N2C(=O)Cc3ccccc3C2=O)c1. The molecule has 0 spiro atoms. The van der Waals surface area contributed by atoms with Crippen molar-refractivity contribution in [3.8, 4) is 0 Å². The number of benzene rings is 2. The molecule has 20 heavy (non-hydrogen) atoms. The van der Waals surface area contributed by atoms with Gasteiger partial charge in [-0.1, -0.05) is 24.3 Å². The first-order chi connectivity index (χ1) is 9.58. The van der Waals surface area contributed by atoms with Crippen molar-refractivity contribution in [1.29, 1.82) is 0 Å². The summed E-state index contributed by atoms with van der Waals surface area (Å²) in [6.45, 7) is 1.90. The third-order valence-electron chi connectivity index (χ3n) is 3.47. The molecule has 0 bridgehead atoms. The van der Waals surface area contributed by atoms with Gasteiger partial charge in [0.1, 0.15) is 0 Å². The van der Waals surface area contributed by atoms with Crippen LogP contribution in [0.1, 0.15) is 21.5 Å². The van der Waals surface area contributed by atoms with E-state index in [-0.39, 0.29) is 18.2 Å². The number of fused-ring (bicyclic) bond motifs is 1. The zero-order valence-electron chi connectivity index (χ0n) is 11.1. The first kappa shape index (κ1) is 12.4. The molecule has 4 heteroatoms. The summed E-state index contributed by atoms with van der Waals surface area (Å²) in [6.07, 6.45) is 0.218. The minimum atomic E-state index is -0.311. The Kier molecular flexibility index (Phi) is 2.79. The van der Waals surface area contributed by atoms with Gasteiger partial charge in [0.2, 0.25) is 5.91 Å². The van der Waals surface area contributed by atoms with Crippen LogP contribution in [0.15, 0.2) is 42.5 Å². The Bertz CT molecular complexity index is 722. The summed E-state index contributed by atoms with van der Waals surface area (Å²) in [5.74, 6) is -0.555. The minimum Gasteiger partial charge on any atom is -0.397 e. The highest BCUT2D eigenvalue weighted by atomic mass is 16.2. The summed E-state index contributed by atoms with van der Waals surface area (Å²) in [7, 11) is 0. The molecule has 0 radical (unpaired) electrons. The van der Waals surface area contributed by atoms with Gasteiger partial charge in [0.05, 0.1) is 17.8 Å². The molecule has 2 aromatic carbocycles. The lowest BCUT2D eigenvalue weighted by atomic mass is 9.97. The topological polar surface area (TPSA) is 63.4 Å². The number of aryl methyl sites for hydroxylation is 1. The number of amides is 2. The average molecular weight is 266 g/mol. The number of nitrogens with two attached hydrogens (primary N) is 1. The van der Waals surface area contributed by atoms with Crippen LogP contribution in [0.5, 0.6) is 0 Å². The molecule has 100 valence electrons. The molecule has 0 atom stereocenters. The molecule has 0 saturated heterocycles. The maximum absolute atomic E-state index is 12.5. The lowest BCUT2D eigenvalue weighted by molar-refractivity contribution is -0.117. The van der Waals surface area contributed by atoms with Gasteiger partial charge in [-0.3, -0.25) is 9.59 Å². The van der Waals surface area contributed by atoms with Gasteiger partial charge in [-0.2, -0.15) is 0 Å². The van der Waals surface area contributed by atoms with Crippen molar-refractivity contribution < 1.29 is 9.59 Å². The van der Waals surface area contributed by atoms with Crippen LogP contribution in [-0.2, 0) is 11.2 Å². The van der Waals surface area contributed by atoms with Crippen molar-refractivity contribution in [1.82, 2.24) is 0 Å². The van der Waals surface area contributed by atoms with Crippen molar-refractivity contribution >= 4 is 23.2 Å². The Morgan fingerprint density at radius 1 is 1.10 bits per heavy atom. The van der Waals surface area contributed by atoms with E-state index in [1.807, 2.05) is 25.1 Å². The van der Waals surface area contributed by atoms with E-state index in [1.165, 1.54) is 4.90 Å². The highest BCUT2D eigenvalue weighted by Gasteiger charge is 2.32. The smallest absolute Gasteiger partial charge is 0.265 e. The van der Waals surface area contributed by atoms with Gasteiger partial charge in [0.25, 0.3) is 5.91 Å². The van der Waals surface area contributed by atoms with E-state index in [0.717, 1.165) is 11.1 Å². The van der Waals surface area contributed by atoms with E-state index < -0.39 is 0 Å². The van der Waals surface area contributed by atoms with Crippen molar-refractivity contribution in [3.05, 3.63) is 59.2 Å². The predicted molar refractivity (Wildman–Crippen MR) is 77.6 cm³/mol. The summed E-state index contributed by atoms with van der Waals surface area (Å²) in [6, 6.07) is 12.5. The Balaban J connectivity index is 2.14. The number of hydrogen-bond acceptors (Lipinski definition) is 3. The highest BCUT2D eigenvalue weighted by molar-refractivity contribution is 6.25. The minimum absolute atomic E-state index is 0.218. The Morgan fingerprint density at radius 3 is 2.65 bits per heavy atom. The maximum atomic E-state index is 12.5. The van der Waals surface area contributed by atoms with Crippen LogP contribution in [0, 0.1) is 6.92 Å². The van der Waals surface area contributed by atoms with Gasteiger partial charge in [0.15, 0.2) is 0 Å². The first-order valence-electron chi connectivity index (χ1n) is 6.39. The van der Waals surface area contributed by atoms with Crippen molar-refractivity contribution in [2.45, 2.75) is 13.3 Å². The molecular formula is C16H14N2O2. The molecule has 2 aromatic rings. The Morgan fingerprint density at radius 2 is 1.85 bits per heavy atom. The molecule has 3 rings (SSSR count). The lowest BCUT2D eigenvalue weighted by Crippen LogP contribution is -2.42. The van der Waals surface area contributed by atoms with Gasteiger partial charge in [0, 0.05) is 5.56 Å². The standard InChI is InChI=1S/C16H14N2O2/c1-10-6-7-13(17)14(8-10)18-15(19)9-11-4-2-3-5-12(11)16(18)20/h2-8H,9,17H2,1H3. The summed E-state index contributed by atoms with van der Waals surface area (Å²) < 4.78 is 0. The number of nitrogens with zero attached hydrogens (tertiary/aromatic N) is 1. The zero-order valence-corrected chi connectivity index (χ0v) is 11.1. The Labute approximate surface area is 116 Å². The number of hydrogen-bond donors (Lipinski definition) is 1. The number of carbonyl (C=O) groups is 2. The number of rotatable bonds is 1. The predicted octanol–water partition coefficient (Wildman–Crippen LogP) is 2.31. The molecule has 0 unspecified atom stereocenters. The summed E-state index contributed by atoms with van der Waals surface area (Å²) in [5, 5.41) is 0. The van der Waals surface area contributed by atoms with Crippen molar-refractivity contribution in [3.63, 3.8) is 0 Å². The molecular weight excluding hydrogens is 252 g/mol. The van der Waals surface area contributed by atoms with Crippen LogP contribution in [-0.4, -0.2) is 11.8 Å². The fourth-order valence-electron chi connectivity index (χ4n) is 2.45. The molecule has 0 fully saturated rings. The van der Waals surface area contributed by atoms with Crippen molar-refractivity contribution in [2.75, 3.05) is 10.6 Å². The number of nitrogen functional groups attached to an aromatic ring is 1. The van der Waals surface area contributed by atoms with E-state index in [9.17, 15) is 9.59 Å². The third-order valence-corrected chi connectivity index (χ3v) is 3.47. The van der Waals surface area contributed by atoms with E-state index in [0.29, 0.717) is 16.9 Å². The molecule has 1 aliphatic rings.